The normalized spacial score (nSPS) is 11.6. The smallest absolute Gasteiger partial charge is 0.221 e. The molecule has 1 aromatic heterocycles. The summed E-state index contributed by atoms with van der Waals surface area (Å²) in [5.41, 5.74) is 17.0. The van der Waals surface area contributed by atoms with E-state index in [1.165, 1.54) is 0 Å². The highest BCUT2D eigenvalue weighted by Crippen LogP contribution is 2.39. The average molecular weight is 564 g/mol. The highest BCUT2D eigenvalue weighted by atomic mass is 32.2. The van der Waals surface area contributed by atoms with Crippen molar-refractivity contribution in [2.45, 2.75) is 24.7 Å². The van der Waals surface area contributed by atoms with Crippen LogP contribution in [0.3, 0.4) is 0 Å². The number of nitrogens with one attached hydrogen (secondary N) is 1. The van der Waals surface area contributed by atoms with E-state index in [1.54, 1.807) is 32.5 Å². The predicted octanol–water partition coefficient (Wildman–Crippen LogP) is 4.69. The fourth-order valence-corrected chi connectivity index (χ4v) is 4.60. The third kappa shape index (κ3) is 6.99. The molecule has 40 heavy (non-hydrogen) atoms. The molecule has 0 spiro atoms. The Balaban J connectivity index is 1.42. The van der Waals surface area contributed by atoms with E-state index in [9.17, 15) is 8.76 Å². The SMILES string of the molecule is COc1cc(Cc2cnc(N)nc2N)cc(OC)c1OCCCNc1ccc(S(=O)O)cc1-c1ccc(C)cc1. The van der Waals surface area contributed by atoms with Crippen LogP contribution in [0.2, 0.25) is 0 Å². The Hall–Kier alpha value is -4.35. The number of rotatable bonds is 12. The molecule has 0 aliphatic carbocycles. The largest absolute Gasteiger partial charge is 0.493 e. The van der Waals surface area contributed by atoms with E-state index in [2.05, 4.69) is 15.3 Å². The van der Waals surface area contributed by atoms with Crippen LogP contribution < -0.4 is 31.0 Å². The first kappa shape index (κ1) is 28.7. The second-order valence-electron chi connectivity index (χ2n) is 9.10. The molecule has 4 aromatic rings. The number of aromatic nitrogens is 2. The van der Waals surface area contributed by atoms with Crippen molar-refractivity contribution in [2.24, 2.45) is 0 Å². The minimum absolute atomic E-state index is 0.125. The van der Waals surface area contributed by atoms with Crippen LogP contribution >= 0.6 is 0 Å². The van der Waals surface area contributed by atoms with Gasteiger partial charge in [-0.15, -0.1) is 0 Å². The zero-order valence-electron chi connectivity index (χ0n) is 22.6. The van der Waals surface area contributed by atoms with Gasteiger partial charge in [-0.2, -0.15) is 4.98 Å². The quantitative estimate of drug-likeness (QED) is 0.141. The van der Waals surface area contributed by atoms with E-state index in [0.717, 1.165) is 33.5 Å². The first-order chi connectivity index (χ1) is 19.3. The predicted molar refractivity (Wildman–Crippen MR) is 157 cm³/mol. The monoisotopic (exact) mass is 563 g/mol. The van der Waals surface area contributed by atoms with Crippen LogP contribution in [-0.4, -0.2) is 46.1 Å². The van der Waals surface area contributed by atoms with Gasteiger partial charge in [0.2, 0.25) is 11.7 Å². The van der Waals surface area contributed by atoms with Crippen molar-refractivity contribution in [3.63, 3.8) is 0 Å². The lowest BCUT2D eigenvalue weighted by Gasteiger charge is -2.17. The van der Waals surface area contributed by atoms with E-state index in [-0.39, 0.29) is 5.95 Å². The van der Waals surface area contributed by atoms with Gasteiger partial charge in [0.15, 0.2) is 22.6 Å². The van der Waals surface area contributed by atoms with Gasteiger partial charge in [0.05, 0.1) is 25.7 Å². The lowest BCUT2D eigenvalue weighted by atomic mass is 10.0. The summed E-state index contributed by atoms with van der Waals surface area (Å²) >= 11 is -2.07. The Labute approximate surface area is 236 Å². The molecule has 1 heterocycles. The van der Waals surface area contributed by atoms with Crippen LogP contribution in [0, 0.1) is 6.92 Å². The summed E-state index contributed by atoms with van der Waals surface area (Å²) in [7, 11) is 3.15. The number of nitrogens with zero attached hydrogens (tertiary/aromatic N) is 2. The summed E-state index contributed by atoms with van der Waals surface area (Å²) in [6, 6.07) is 17.0. The lowest BCUT2D eigenvalue weighted by Crippen LogP contribution is -2.09. The van der Waals surface area contributed by atoms with E-state index < -0.39 is 11.1 Å². The first-order valence-electron chi connectivity index (χ1n) is 12.6. The molecule has 11 heteroatoms. The minimum Gasteiger partial charge on any atom is -0.493 e. The number of nitrogens with two attached hydrogens (primary N) is 2. The molecule has 4 rings (SSSR count). The summed E-state index contributed by atoms with van der Waals surface area (Å²) in [5, 5.41) is 3.43. The molecule has 0 aliphatic heterocycles. The molecule has 0 aliphatic rings. The van der Waals surface area contributed by atoms with Gasteiger partial charge in [-0.25, -0.2) is 9.19 Å². The third-order valence-electron chi connectivity index (χ3n) is 6.27. The highest BCUT2D eigenvalue weighted by Gasteiger charge is 2.16. The van der Waals surface area contributed by atoms with Gasteiger partial charge in [-0.05, 0) is 54.8 Å². The van der Waals surface area contributed by atoms with Gasteiger partial charge in [0.1, 0.15) is 5.82 Å². The molecule has 210 valence electrons. The summed E-state index contributed by atoms with van der Waals surface area (Å²) in [5.74, 6) is 2.02. The number of hydrogen-bond acceptors (Lipinski definition) is 9. The summed E-state index contributed by atoms with van der Waals surface area (Å²) in [6.45, 7) is 3.03. The molecule has 0 amide bonds. The molecule has 3 aromatic carbocycles. The van der Waals surface area contributed by atoms with E-state index in [4.69, 9.17) is 25.7 Å². The molecule has 1 unspecified atom stereocenters. The number of ether oxygens (including phenoxy) is 3. The Bertz CT molecular complexity index is 1470. The van der Waals surface area contributed by atoms with Gasteiger partial charge in [0, 0.05) is 36.0 Å². The molecule has 6 N–H and O–H groups in total. The molecule has 0 fully saturated rings. The second kappa shape index (κ2) is 13.1. The van der Waals surface area contributed by atoms with Crippen LogP contribution in [0.15, 0.2) is 65.7 Å². The number of hydrogen-bond donors (Lipinski definition) is 4. The van der Waals surface area contributed by atoms with E-state index in [1.807, 2.05) is 49.4 Å². The maximum Gasteiger partial charge on any atom is 0.221 e. The summed E-state index contributed by atoms with van der Waals surface area (Å²) in [6.07, 6.45) is 2.75. The molecule has 0 saturated carbocycles. The van der Waals surface area contributed by atoms with Gasteiger partial charge in [-0.3, -0.25) is 0 Å². The fourth-order valence-electron chi connectivity index (χ4n) is 4.20. The average Bonchev–Trinajstić information content (AvgIpc) is 2.95. The van der Waals surface area contributed by atoms with Crippen molar-refractivity contribution in [2.75, 3.05) is 44.2 Å². The standard InChI is InChI=1S/C29H33N5O5S/c1-18-5-7-20(8-6-18)23-16-22(40(35)36)9-10-24(23)32-11-4-12-39-27-25(37-2)14-19(15-26(27)38-3)13-21-17-33-29(31)34-28(21)30/h5-10,14-17,32H,4,11-13H2,1-3H3,(H,35,36)(H4,30,31,33,34). The Morgan fingerprint density at radius 1 is 1.00 bits per heavy atom. The molecule has 10 nitrogen and oxygen atoms in total. The van der Waals surface area contributed by atoms with E-state index in [0.29, 0.717) is 54.0 Å². The zero-order valence-corrected chi connectivity index (χ0v) is 23.5. The van der Waals surface area contributed by atoms with Crippen molar-refractivity contribution >= 4 is 28.5 Å². The summed E-state index contributed by atoms with van der Waals surface area (Å²) in [4.78, 5) is 8.39. The topological polar surface area (TPSA) is 155 Å². The van der Waals surface area contributed by atoms with Crippen LogP contribution in [-0.2, 0) is 17.5 Å². The Kier molecular flexibility index (Phi) is 9.41. The lowest BCUT2D eigenvalue weighted by molar-refractivity contribution is 0.273. The van der Waals surface area contributed by atoms with Crippen LogP contribution in [0.25, 0.3) is 11.1 Å². The molecular weight excluding hydrogens is 530 g/mol. The fraction of sp³-hybridized carbons (Fsp3) is 0.241. The number of benzene rings is 3. The van der Waals surface area contributed by atoms with Crippen molar-refractivity contribution < 1.29 is 23.0 Å². The van der Waals surface area contributed by atoms with Crippen LogP contribution in [0.1, 0.15) is 23.1 Å². The van der Waals surface area contributed by atoms with Crippen LogP contribution in [0.4, 0.5) is 17.5 Å². The molecule has 0 bridgehead atoms. The highest BCUT2D eigenvalue weighted by molar-refractivity contribution is 7.79. The maximum absolute atomic E-state index is 11.7. The zero-order chi connectivity index (χ0) is 28.6. The van der Waals surface area contributed by atoms with Crippen molar-refractivity contribution in [3.8, 4) is 28.4 Å². The van der Waals surface area contributed by atoms with Crippen molar-refractivity contribution in [1.82, 2.24) is 9.97 Å². The Morgan fingerprint density at radius 3 is 2.33 bits per heavy atom. The van der Waals surface area contributed by atoms with Gasteiger partial charge < -0.3 is 35.5 Å². The number of methoxy groups -OCH3 is 2. The van der Waals surface area contributed by atoms with Gasteiger partial charge >= 0.3 is 0 Å². The number of nitrogen functional groups attached to an aromatic ring is 2. The van der Waals surface area contributed by atoms with Gasteiger partial charge in [-0.1, -0.05) is 29.8 Å². The van der Waals surface area contributed by atoms with Gasteiger partial charge in [0.25, 0.3) is 0 Å². The second-order valence-corrected chi connectivity index (χ2v) is 10.1. The molecule has 1 atom stereocenters. The maximum atomic E-state index is 11.7. The number of anilines is 3. The van der Waals surface area contributed by atoms with E-state index >= 15 is 0 Å². The van der Waals surface area contributed by atoms with Crippen molar-refractivity contribution in [1.29, 1.82) is 0 Å². The Morgan fingerprint density at radius 2 is 1.70 bits per heavy atom. The third-order valence-corrected chi connectivity index (χ3v) is 6.93. The first-order valence-corrected chi connectivity index (χ1v) is 13.7. The molecule has 0 saturated heterocycles. The molecule has 0 radical (unpaired) electrons. The number of aryl methyl sites for hydroxylation is 1. The molecular formula is C29H33N5O5S. The van der Waals surface area contributed by atoms with Crippen molar-refractivity contribution in [3.05, 3.63) is 77.5 Å². The minimum atomic E-state index is -2.07. The summed E-state index contributed by atoms with van der Waals surface area (Å²) < 4.78 is 38.5. The van der Waals surface area contributed by atoms with Crippen LogP contribution in [0.5, 0.6) is 17.2 Å².